The number of esters is 1. The first-order valence-corrected chi connectivity index (χ1v) is 9.49. The molecular formula is C20H22BrFN2O3. The molecule has 0 saturated carbocycles. The predicted octanol–water partition coefficient (Wildman–Crippen LogP) is 4.68. The average molecular weight is 437 g/mol. The molecular weight excluding hydrogens is 415 g/mol. The van der Waals surface area contributed by atoms with E-state index in [2.05, 4.69) is 25.8 Å². The molecule has 0 bridgehead atoms. The van der Waals surface area contributed by atoms with Crippen LogP contribution in [0.5, 0.6) is 0 Å². The largest absolute Gasteiger partial charge is 0.462 e. The van der Waals surface area contributed by atoms with Crippen molar-refractivity contribution in [1.29, 1.82) is 0 Å². The second-order valence-electron chi connectivity index (χ2n) is 6.25. The predicted molar refractivity (Wildman–Crippen MR) is 105 cm³/mol. The summed E-state index contributed by atoms with van der Waals surface area (Å²) < 4.78 is 24.7. The summed E-state index contributed by atoms with van der Waals surface area (Å²) in [6.45, 7) is 11.8. The Labute approximate surface area is 167 Å². The summed E-state index contributed by atoms with van der Waals surface area (Å²) in [5.41, 5.74) is 1.97. The molecule has 5 nitrogen and oxygen atoms in total. The lowest BCUT2D eigenvalue weighted by molar-refractivity contribution is -0.139. The maximum atomic E-state index is 13.6. The van der Waals surface area contributed by atoms with E-state index in [1.807, 2.05) is 6.92 Å². The molecule has 0 radical (unpaired) electrons. The molecule has 144 valence electrons. The molecule has 2 unspecified atom stereocenters. The van der Waals surface area contributed by atoms with Crippen LogP contribution in [0.3, 0.4) is 0 Å². The molecule has 1 aromatic carbocycles. The summed E-state index contributed by atoms with van der Waals surface area (Å²) in [5.74, 6) is -1.53. The number of carbonyl (C=O) groups is 1. The lowest BCUT2D eigenvalue weighted by Crippen LogP contribution is -2.33. The average Bonchev–Trinajstić information content (AvgIpc) is 2.62. The number of aliphatic imine (C=N–C) groups is 1. The number of nitrogens with zero attached hydrogens (tertiary/aromatic N) is 2. The Kier molecular flexibility index (Phi) is 7.69. The van der Waals surface area contributed by atoms with Crippen LogP contribution in [0.1, 0.15) is 38.2 Å². The van der Waals surface area contributed by atoms with Crippen molar-refractivity contribution in [3.8, 4) is 0 Å². The third kappa shape index (κ3) is 4.82. The molecule has 2 atom stereocenters. The number of carbonyl (C=O) groups excluding carboxylic acids is 1. The number of hydrogen-bond acceptors (Lipinski definition) is 4. The van der Waals surface area contributed by atoms with Crippen LogP contribution in [0, 0.1) is 12.4 Å². The third-order valence-corrected chi connectivity index (χ3v) is 5.03. The summed E-state index contributed by atoms with van der Waals surface area (Å²) >= 11 is 3.37. The molecule has 1 heterocycles. The molecule has 1 aliphatic rings. The highest BCUT2D eigenvalue weighted by Crippen LogP contribution is 2.40. The third-order valence-electron chi connectivity index (χ3n) is 4.35. The van der Waals surface area contributed by atoms with Crippen LogP contribution in [-0.2, 0) is 14.3 Å². The highest BCUT2D eigenvalue weighted by molar-refractivity contribution is 9.10. The summed E-state index contributed by atoms with van der Waals surface area (Å²) in [7, 11) is 1.52. The number of rotatable bonds is 7. The summed E-state index contributed by atoms with van der Waals surface area (Å²) in [4.78, 5) is 21.0. The number of halogens is 2. The molecule has 0 aliphatic carbocycles. The highest BCUT2D eigenvalue weighted by atomic mass is 79.9. The molecule has 0 amide bonds. The minimum Gasteiger partial charge on any atom is -0.462 e. The Morgan fingerprint density at radius 1 is 1.44 bits per heavy atom. The Morgan fingerprint density at radius 3 is 2.78 bits per heavy atom. The van der Waals surface area contributed by atoms with Gasteiger partial charge in [-0.3, -0.25) is 4.99 Å². The first-order valence-electron chi connectivity index (χ1n) is 8.70. The Morgan fingerprint density at radius 2 is 2.19 bits per heavy atom. The van der Waals surface area contributed by atoms with E-state index in [0.717, 1.165) is 12.8 Å². The number of methoxy groups -OCH3 is 1. The van der Waals surface area contributed by atoms with E-state index in [9.17, 15) is 9.18 Å². The van der Waals surface area contributed by atoms with Crippen LogP contribution in [-0.4, -0.2) is 38.0 Å². The fraction of sp³-hybridized carbons (Fsp3) is 0.450. The molecule has 2 rings (SSSR count). The summed E-state index contributed by atoms with van der Waals surface area (Å²) in [6, 6.07) is 3.55. The number of hydrogen-bond donors (Lipinski definition) is 0. The molecule has 0 aromatic heterocycles. The van der Waals surface area contributed by atoms with Crippen LogP contribution >= 0.6 is 15.9 Å². The Balaban J connectivity index is 2.60. The molecule has 1 aromatic rings. The second kappa shape index (κ2) is 9.77. The van der Waals surface area contributed by atoms with Gasteiger partial charge in [-0.1, -0.05) is 35.3 Å². The normalized spacial score (nSPS) is 19.5. The molecule has 0 spiro atoms. The quantitative estimate of drug-likeness (QED) is 0.354. The maximum absolute atomic E-state index is 13.6. The number of ether oxygens (including phenoxy) is 2. The van der Waals surface area contributed by atoms with Gasteiger partial charge in [-0.25, -0.2) is 15.8 Å². The molecule has 0 fully saturated rings. The van der Waals surface area contributed by atoms with Gasteiger partial charge in [0, 0.05) is 11.6 Å². The van der Waals surface area contributed by atoms with Crippen LogP contribution < -0.4 is 0 Å². The monoisotopic (exact) mass is 436 g/mol. The van der Waals surface area contributed by atoms with Crippen LogP contribution in [0.25, 0.3) is 4.85 Å². The van der Waals surface area contributed by atoms with Crippen LogP contribution in [0.15, 0.2) is 38.9 Å². The summed E-state index contributed by atoms with van der Waals surface area (Å²) in [5, 5.41) is 0. The maximum Gasteiger partial charge on any atom is 0.336 e. The fourth-order valence-electron chi connectivity index (χ4n) is 3.04. The van der Waals surface area contributed by atoms with Gasteiger partial charge in [0.2, 0.25) is 0 Å². The SMILES string of the molecule is [C-]#[N+]C1C(C)=NC(COC)=C(C(=O)OCCCC)C1c1ccc(F)cc1Br. The zero-order valence-electron chi connectivity index (χ0n) is 15.6. The smallest absolute Gasteiger partial charge is 0.336 e. The highest BCUT2D eigenvalue weighted by Gasteiger charge is 2.43. The Bertz CT molecular complexity index is 814. The molecule has 0 saturated heterocycles. The van der Waals surface area contributed by atoms with Gasteiger partial charge < -0.3 is 14.3 Å². The van der Waals surface area contributed by atoms with Crippen molar-refractivity contribution in [3.63, 3.8) is 0 Å². The molecule has 27 heavy (non-hydrogen) atoms. The van der Waals surface area contributed by atoms with Crippen LogP contribution in [0.2, 0.25) is 0 Å². The first-order chi connectivity index (χ1) is 12.9. The summed E-state index contributed by atoms with van der Waals surface area (Å²) in [6.07, 6.45) is 1.64. The van der Waals surface area contributed by atoms with Crippen molar-refractivity contribution >= 4 is 27.6 Å². The van der Waals surface area contributed by atoms with Gasteiger partial charge in [0.05, 0.1) is 30.2 Å². The van der Waals surface area contributed by atoms with Gasteiger partial charge in [0.1, 0.15) is 11.7 Å². The van der Waals surface area contributed by atoms with E-state index in [-0.39, 0.29) is 6.61 Å². The van der Waals surface area contributed by atoms with Crippen LogP contribution in [0.4, 0.5) is 4.39 Å². The van der Waals surface area contributed by atoms with Gasteiger partial charge in [0.15, 0.2) is 0 Å². The van der Waals surface area contributed by atoms with E-state index in [4.69, 9.17) is 16.0 Å². The lowest BCUT2D eigenvalue weighted by Gasteiger charge is -2.27. The van der Waals surface area contributed by atoms with Gasteiger partial charge >= 0.3 is 5.97 Å². The lowest BCUT2D eigenvalue weighted by atomic mass is 9.80. The van der Waals surface area contributed by atoms with Crippen molar-refractivity contribution in [1.82, 2.24) is 0 Å². The van der Waals surface area contributed by atoms with Crippen molar-refractivity contribution in [3.05, 3.63) is 56.7 Å². The van der Waals surface area contributed by atoms with Crippen molar-refractivity contribution in [2.75, 3.05) is 20.3 Å². The molecule has 7 heteroatoms. The van der Waals surface area contributed by atoms with Gasteiger partial charge in [-0.15, -0.1) is 0 Å². The van der Waals surface area contributed by atoms with Gasteiger partial charge in [0.25, 0.3) is 6.04 Å². The Hall–Kier alpha value is -2.04. The zero-order valence-corrected chi connectivity index (χ0v) is 17.2. The van der Waals surface area contributed by atoms with Crippen molar-refractivity contribution in [2.24, 2.45) is 4.99 Å². The molecule has 0 N–H and O–H groups in total. The van der Waals surface area contributed by atoms with E-state index >= 15 is 0 Å². The first kappa shape index (κ1) is 21.3. The fourth-order valence-corrected chi connectivity index (χ4v) is 3.64. The zero-order chi connectivity index (χ0) is 20.0. The number of benzene rings is 1. The molecule has 1 aliphatic heterocycles. The number of unbranched alkanes of at least 4 members (excludes halogenated alkanes) is 1. The minimum absolute atomic E-state index is 0.121. The van der Waals surface area contributed by atoms with E-state index < -0.39 is 23.7 Å². The van der Waals surface area contributed by atoms with Crippen molar-refractivity contribution in [2.45, 2.75) is 38.6 Å². The van der Waals surface area contributed by atoms with E-state index in [1.165, 1.54) is 19.2 Å². The standard InChI is InChI=1S/C20H22BrFN2O3/c1-5-6-9-27-20(25)18-16(11-26-4)24-12(2)19(23-3)17(18)14-8-7-13(22)10-15(14)21/h7-8,10,17,19H,5-6,9,11H2,1-2,4H3. The topological polar surface area (TPSA) is 52.2 Å². The van der Waals surface area contributed by atoms with Gasteiger partial charge in [-0.2, -0.15) is 0 Å². The van der Waals surface area contributed by atoms with E-state index in [1.54, 1.807) is 13.0 Å². The van der Waals surface area contributed by atoms with E-state index in [0.29, 0.717) is 33.6 Å². The minimum atomic E-state index is -0.680. The second-order valence-corrected chi connectivity index (χ2v) is 7.11. The van der Waals surface area contributed by atoms with Crippen molar-refractivity contribution < 1.29 is 18.7 Å². The van der Waals surface area contributed by atoms with Gasteiger partial charge in [-0.05, 0) is 31.0 Å².